The maximum Gasteiger partial charge on any atom is 0.260 e. The topological polar surface area (TPSA) is 69.1 Å². The van der Waals surface area contributed by atoms with Gasteiger partial charge in [0, 0.05) is 17.1 Å². The molecule has 26 heavy (non-hydrogen) atoms. The maximum absolute atomic E-state index is 11.7. The van der Waals surface area contributed by atoms with E-state index in [9.17, 15) is 4.79 Å². The Balaban J connectivity index is 1.74. The predicted molar refractivity (Wildman–Crippen MR) is 101 cm³/mol. The predicted octanol–water partition coefficient (Wildman–Crippen LogP) is 3.07. The molecule has 0 aliphatic heterocycles. The highest BCUT2D eigenvalue weighted by molar-refractivity contribution is 6.30. The summed E-state index contributed by atoms with van der Waals surface area (Å²) < 4.78 is 10.4. The molecule has 2 aromatic rings. The van der Waals surface area contributed by atoms with Crippen molar-refractivity contribution in [2.75, 3.05) is 27.4 Å². The van der Waals surface area contributed by atoms with Crippen molar-refractivity contribution in [1.29, 1.82) is 0 Å². The number of carbonyl (C=O) groups is 1. The lowest BCUT2D eigenvalue weighted by Gasteiger charge is -2.07. The Morgan fingerprint density at radius 3 is 2.62 bits per heavy atom. The summed E-state index contributed by atoms with van der Waals surface area (Å²) >= 11 is 5.83. The molecule has 0 fully saturated rings. The van der Waals surface area contributed by atoms with E-state index < -0.39 is 0 Å². The Bertz CT molecular complexity index is 748. The molecule has 0 aromatic heterocycles. The SMILES string of the molecule is COc1ccc(OC)c(/C=N/OCC(=O)NCCc2ccc(Cl)cc2)c1. The van der Waals surface area contributed by atoms with E-state index in [2.05, 4.69) is 10.5 Å². The summed E-state index contributed by atoms with van der Waals surface area (Å²) in [6, 6.07) is 12.8. The molecule has 0 unspecified atom stereocenters. The van der Waals surface area contributed by atoms with Crippen LogP contribution in [0.5, 0.6) is 11.5 Å². The number of rotatable bonds is 9. The van der Waals surface area contributed by atoms with E-state index in [1.165, 1.54) is 6.21 Å². The minimum absolute atomic E-state index is 0.163. The van der Waals surface area contributed by atoms with Crippen LogP contribution in [0.15, 0.2) is 47.6 Å². The summed E-state index contributed by atoms with van der Waals surface area (Å²) in [7, 11) is 3.14. The van der Waals surface area contributed by atoms with E-state index in [1.807, 2.05) is 24.3 Å². The first-order valence-electron chi connectivity index (χ1n) is 8.01. The van der Waals surface area contributed by atoms with Crippen LogP contribution in [-0.2, 0) is 16.1 Å². The van der Waals surface area contributed by atoms with Gasteiger partial charge in [0.25, 0.3) is 5.91 Å². The van der Waals surface area contributed by atoms with Gasteiger partial charge in [-0.3, -0.25) is 4.79 Å². The Morgan fingerprint density at radius 1 is 1.15 bits per heavy atom. The molecule has 7 heteroatoms. The largest absolute Gasteiger partial charge is 0.497 e. The number of methoxy groups -OCH3 is 2. The molecule has 0 aliphatic rings. The van der Waals surface area contributed by atoms with Gasteiger partial charge in [0.05, 0.1) is 20.4 Å². The molecule has 0 heterocycles. The highest BCUT2D eigenvalue weighted by Gasteiger charge is 2.04. The first kappa shape index (κ1) is 19.6. The molecule has 0 bridgehead atoms. The zero-order valence-electron chi connectivity index (χ0n) is 14.7. The number of halogens is 1. The average Bonchev–Trinajstić information content (AvgIpc) is 2.66. The number of carbonyl (C=O) groups excluding carboxylic acids is 1. The van der Waals surface area contributed by atoms with Crippen LogP contribution < -0.4 is 14.8 Å². The zero-order chi connectivity index (χ0) is 18.8. The van der Waals surface area contributed by atoms with Gasteiger partial charge in [0.15, 0.2) is 6.61 Å². The van der Waals surface area contributed by atoms with Gasteiger partial charge < -0.3 is 19.6 Å². The fourth-order valence-electron chi connectivity index (χ4n) is 2.18. The standard InChI is InChI=1S/C19H21ClN2O4/c1-24-17-7-8-18(25-2)15(11-17)12-22-26-13-19(23)21-10-9-14-3-5-16(20)6-4-14/h3-8,11-12H,9-10,13H2,1-2H3,(H,21,23)/b22-12+. The third kappa shape index (κ3) is 6.29. The summed E-state index contributed by atoms with van der Waals surface area (Å²) in [6.45, 7) is 0.348. The van der Waals surface area contributed by atoms with Crippen molar-refractivity contribution < 1.29 is 19.1 Å². The minimum atomic E-state index is -0.242. The number of nitrogens with one attached hydrogen (secondary N) is 1. The number of benzene rings is 2. The van der Waals surface area contributed by atoms with Gasteiger partial charge in [0.1, 0.15) is 11.5 Å². The zero-order valence-corrected chi connectivity index (χ0v) is 15.5. The molecule has 6 nitrogen and oxygen atoms in total. The Morgan fingerprint density at radius 2 is 1.92 bits per heavy atom. The highest BCUT2D eigenvalue weighted by atomic mass is 35.5. The molecule has 0 saturated heterocycles. The van der Waals surface area contributed by atoms with E-state index in [1.54, 1.807) is 32.4 Å². The molecule has 0 spiro atoms. The fraction of sp³-hybridized carbons (Fsp3) is 0.263. The van der Waals surface area contributed by atoms with Crippen LogP contribution >= 0.6 is 11.6 Å². The Kier molecular flexibility index (Phi) is 7.76. The molecule has 0 saturated carbocycles. The molecule has 0 radical (unpaired) electrons. The van der Waals surface area contributed by atoms with E-state index in [4.69, 9.17) is 25.9 Å². The van der Waals surface area contributed by atoms with Crippen molar-refractivity contribution in [2.45, 2.75) is 6.42 Å². The van der Waals surface area contributed by atoms with Crippen molar-refractivity contribution >= 4 is 23.7 Å². The second-order valence-electron chi connectivity index (χ2n) is 5.34. The number of hydrogen-bond donors (Lipinski definition) is 1. The van der Waals surface area contributed by atoms with E-state index >= 15 is 0 Å². The van der Waals surface area contributed by atoms with Gasteiger partial charge in [-0.25, -0.2) is 0 Å². The second kappa shape index (κ2) is 10.3. The highest BCUT2D eigenvalue weighted by Crippen LogP contribution is 2.22. The number of ether oxygens (including phenoxy) is 2. The number of hydrogen-bond acceptors (Lipinski definition) is 5. The van der Waals surface area contributed by atoms with Gasteiger partial charge in [-0.05, 0) is 42.3 Å². The van der Waals surface area contributed by atoms with Crippen molar-refractivity contribution in [3.8, 4) is 11.5 Å². The smallest absolute Gasteiger partial charge is 0.260 e. The third-order valence-corrected chi connectivity index (χ3v) is 3.80. The lowest BCUT2D eigenvalue weighted by molar-refractivity contribution is -0.125. The molecule has 2 aromatic carbocycles. The summed E-state index contributed by atoms with van der Waals surface area (Å²) in [5.74, 6) is 1.06. The van der Waals surface area contributed by atoms with Crippen molar-refractivity contribution in [2.24, 2.45) is 5.16 Å². The van der Waals surface area contributed by atoms with Crippen LogP contribution in [0.1, 0.15) is 11.1 Å². The summed E-state index contributed by atoms with van der Waals surface area (Å²) in [5, 5.41) is 7.27. The van der Waals surface area contributed by atoms with Crippen LogP contribution in [0.25, 0.3) is 0 Å². The van der Waals surface area contributed by atoms with Crippen LogP contribution in [0.3, 0.4) is 0 Å². The summed E-state index contributed by atoms with van der Waals surface area (Å²) in [6.07, 6.45) is 2.19. The molecule has 0 atom stereocenters. The van der Waals surface area contributed by atoms with E-state index in [0.29, 0.717) is 35.1 Å². The van der Waals surface area contributed by atoms with Crippen LogP contribution in [0.2, 0.25) is 5.02 Å². The first-order chi connectivity index (χ1) is 12.6. The number of oxime groups is 1. The van der Waals surface area contributed by atoms with Crippen LogP contribution in [-0.4, -0.2) is 39.5 Å². The molecular formula is C19H21ClN2O4. The third-order valence-electron chi connectivity index (χ3n) is 3.55. The quantitative estimate of drug-likeness (QED) is 0.539. The first-order valence-corrected chi connectivity index (χ1v) is 8.38. The second-order valence-corrected chi connectivity index (χ2v) is 5.78. The fourth-order valence-corrected chi connectivity index (χ4v) is 2.30. The number of amides is 1. The van der Waals surface area contributed by atoms with E-state index in [0.717, 1.165) is 5.56 Å². The van der Waals surface area contributed by atoms with E-state index in [-0.39, 0.29) is 12.5 Å². The molecule has 1 amide bonds. The van der Waals surface area contributed by atoms with Gasteiger partial charge in [0.2, 0.25) is 0 Å². The normalized spacial score (nSPS) is 10.6. The Labute approximate surface area is 157 Å². The summed E-state index contributed by atoms with van der Waals surface area (Å²) in [4.78, 5) is 16.8. The summed E-state index contributed by atoms with van der Waals surface area (Å²) in [5.41, 5.74) is 1.79. The molecule has 138 valence electrons. The van der Waals surface area contributed by atoms with Crippen molar-refractivity contribution in [3.63, 3.8) is 0 Å². The molecule has 0 aliphatic carbocycles. The van der Waals surface area contributed by atoms with Gasteiger partial charge >= 0.3 is 0 Å². The lowest BCUT2D eigenvalue weighted by Crippen LogP contribution is -2.28. The van der Waals surface area contributed by atoms with Gasteiger partial charge in [-0.15, -0.1) is 0 Å². The molecular weight excluding hydrogens is 356 g/mol. The Hall–Kier alpha value is -2.73. The van der Waals surface area contributed by atoms with Crippen LogP contribution in [0.4, 0.5) is 0 Å². The van der Waals surface area contributed by atoms with Crippen molar-refractivity contribution in [1.82, 2.24) is 5.32 Å². The van der Waals surface area contributed by atoms with Crippen LogP contribution in [0, 0.1) is 0 Å². The average molecular weight is 377 g/mol. The van der Waals surface area contributed by atoms with Crippen molar-refractivity contribution in [3.05, 3.63) is 58.6 Å². The monoisotopic (exact) mass is 376 g/mol. The van der Waals surface area contributed by atoms with Gasteiger partial charge in [-0.1, -0.05) is 28.9 Å². The number of nitrogens with zero attached hydrogens (tertiary/aromatic N) is 1. The minimum Gasteiger partial charge on any atom is -0.497 e. The molecule has 2 rings (SSSR count). The molecule has 1 N–H and O–H groups in total. The van der Waals surface area contributed by atoms with Gasteiger partial charge in [-0.2, -0.15) is 0 Å². The maximum atomic E-state index is 11.7. The lowest BCUT2D eigenvalue weighted by atomic mass is 10.1.